The van der Waals surface area contributed by atoms with Crippen molar-refractivity contribution >= 4 is 44.2 Å². The molecular formula is C22H24ClN3O3S. The second-order valence-electron chi connectivity index (χ2n) is 7.21. The van der Waals surface area contributed by atoms with E-state index >= 15 is 0 Å². The second-order valence-corrected chi connectivity index (χ2v) is 8.66. The van der Waals surface area contributed by atoms with Crippen molar-refractivity contribution in [2.24, 2.45) is 0 Å². The van der Waals surface area contributed by atoms with Gasteiger partial charge in [-0.05, 0) is 48.9 Å². The molecule has 0 unspecified atom stereocenters. The first-order chi connectivity index (χ1) is 14.6. The molecule has 1 fully saturated rings. The molecule has 0 aliphatic carbocycles. The first-order valence-corrected chi connectivity index (χ1v) is 11.1. The van der Waals surface area contributed by atoms with Gasteiger partial charge < -0.3 is 9.47 Å². The molecule has 8 heteroatoms. The number of hydrogen-bond donors (Lipinski definition) is 0. The van der Waals surface area contributed by atoms with Crippen LogP contribution in [0.5, 0.6) is 5.75 Å². The van der Waals surface area contributed by atoms with Gasteiger partial charge in [0.1, 0.15) is 5.75 Å². The summed E-state index contributed by atoms with van der Waals surface area (Å²) in [6, 6.07) is 13.1. The van der Waals surface area contributed by atoms with Crippen molar-refractivity contribution in [2.75, 3.05) is 50.9 Å². The van der Waals surface area contributed by atoms with Gasteiger partial charge in [-0.2, -0.15) is 0 Å². The number of anilines is 1. The number of aryl methyl sites for hydroxylation is 1. The van der Waals surface area contributed by atoms with Crippen LogP contribution >= 0.6 is 22.9 Å². The van der Waals surface area contributed by atoms with E-state index in [9.17, 15) is 4.79 Å². The van der Waals surface area contributed by atoms with Crippen molar-refractivity contribution in [1.29, 1.82) is 0 Å². The third-order valence-electron chi connectivity index (χ3n) is 4.98. The van der Waals surface area contributed by atoms with Crippen molar-refractivity contribution in [3.63, 3.8) is 0 Å². The summed E-state index contributed by atoms with van der Waals surface area (Å²) in [4.78, 5) is 21.9. The summed E-state index contributed by atoms with van der Waals surface area (Å²) in [5, 5.41) is 1.33. The molecule has 0 spiro atoms. The van der Waals surface area contributed by atoms with Crippen LogP contribution in [0.4, 0.5) is 5.13 Å². The first-order valence-electron chi connectivity index (χ1n) is 9.94. The predicted octanol–water partition coefficient (Wildman–Crippen LogP) is 4.00. The number of thiazole rings is 1. The highest BCUT2D eigenvalue weighted by Crippen LogP contribution is 2.29. The maximum atomic E-state index is 13.1. The summed E-state index contributed by atoms with van der Waals surface area (Å²) >= 11 is 7.45. The maximum absolute atomic E-state index is 13.1. The number of rotatable bonds is 7. The fraction of sp³-hybridized carbons (Fsp3) is 0.364. The van der Waals surface area contributed by atoms with Gasteiger partial charge in [-0.25, -0.2) is 4.98 Å². The quantitative estimate of drug-likeness (QED) is 0.550. The van der Waals surface area contributed by atoms with E-state index in [1.165, 1.54) is 16.9 Å². The van der Waals surface area contributed by atoms with Gasteiger partial charge in [0.05, 0.1) is 23.4 Å². The molecule has 0 atom stereocenters. The molecule has 1 aromatic heterocycles. The topological polar surface area (TPSA) is 54.9 Å². The van der Waals surface area contributed by atoms with Crippen LogP contribution in [0, 0.1) is 6.92 Å². The van der Waals surface area contributed by atoms with Gasteiger partial charge in [0.15, 0.2) is 11.7 Å². The molecule has 0 bridgehead atoms. The number of amides is 1. The first kappa shape index (κ1) is 21.1. The lowest BCUT2D eigenvalue weighted by Crippen LogP contribution is -2.44. The highest BCUT2D eigenvalue weighted by atomic mass is 35.5. The van der Waals surface area contributed by atoms with E-state index in [4.69, 9.17) is 26.1 Å². The minimum Gasteiger partial charge on any atom is -0.484 e. The van der Waals surface area contributed by atoms with Crippen LogP contribution in [0.15, 0.2) is 42.5 Å². The number of benzene rings is 2. The average molecular weight is 446 g/mol. The van der Waals surface area contributed by atoms with Crippen LogP contribution in [0.3, 0.4) is 0 Å². The molecule has 1 saturated heterocycles. The van der Waals surface area contributed by atoms with E-state index in [0.717, 1.165) is 43.1 Å². The van der Waals surface area contributed by atoms with Crippen molar-refractivity contribution in [1.82, 2.24) is 9.88 Å². The zero-order valence-electron chi connectivity index (χ0n) is 16.8. The molecule has 3 aromatic rings. The number of hydrogen-bond acceptors (Lipinski definition) is 6. The maximum Gasteiger partial charge on any atom is 0.266 e. The molecule has 4 rings (SSSR count). The predicted molar refractivity (Wildman–Crippen MR) is 121 cm³/mol. The Morgan fingerprint density at radius 2 is 2.00 bits per heavy atom. The number of aromatic nitrogens is 1. The molecule has 158 valence electrons. The zero-order valence-corrected chi connectivity index (χ0v) is 18.4. The molecule has 1 amide bonds. The van der Waals surface area contributed by atoms with E-state index < -0.39 is 0 Å². The fourth-order valence-corrected chi connectivity index (χ4v) is 4.52. The Labute approximate surface area is 185 Å². The molecule has 0 saturated carbocycles. The Morgan fingerprint density at radius 1 is 1.23 bits per heavy atom. The van der Waals surface area contributed by atoms with Crippen molar-refractivity contribution < 1.29 is 14.3 Å². The molecule has 2 heterocycles. The number of morpholine rings is 1. The van der Waals surface area contributed by atoms with Crippen LogP contribution in [-0.2, 0) is 9.53 Å². The molecule has 0 N–H and O–H groups in total. The Bertz CT molecular complexity index is 1000. The number of carbonyl (C=O) groups is 1. The van der Waals surface area contributed by atoms with Gasteiger partial charge in [0.2, 0.25) is 0 Å². The number of halogens is 1. The van der Waals surface area contributed by atoms with Gasteiger partial charge in [-0.15, -0.1) is 0 Å². The molecule has 2 aromatic carbocycles. The second kappa shape index (κ2) is 9.75. The lowest BCUT2D eigenvalue weighted by Gasteiger charge is -2.29. The van der Waals surface area contributed by atoms with Gasteiger partial charge in [0, 0.05) is 31.2 Å². The van der Waals surface area contributed by atoms with E-state index in [0.29, 0.717) is 22.4 Å². The van der Waals surface area contributed by atoms with Crippen molar-refractivity contribution in [2.45, 2.75) is 6.92 Å². The Morgan fingerprint density at radius 3 is 2.77 bits per heavy atom. The molecule has 6 nitrogen and oxygen atoms in total. The third-order valence-corrected chi connectivity index (χ3v) is 6.28. The highest BCUT2D eigenvalue weighted by molar-refractivity contribution is 7.22. The van der Waals surface area contributed by atoms with Crippen LogP contribution < -0.4 is 9.64 Å². The van der Waals surface area contributed by atoms with Crippen molar-refractivity contribution in [3.8, 4) is 5.75 Å². The Balaban J connectivity index is 1.50. The molecule has 1 aliphatic heterocycles. The summed E-state index contributed by atoms with van der Waals surface area (Å²) in [5.41, 5.74) is 2.08. The van der Waals surface area contributed by atoms with Crippen LogP contribution in [0.2, 0.25) is 5.02 Å². The molecule has 0 radical (unpaired) electrons. The number of nitrogens with zero attached hydrogens (tertiary/aromatic N) is 3. The summed E-state index contributed by atoms with van der Waals surface area (Å²) in [6.45, 7) is 6.54. The summed E-state index contributed by atoms with van der Waals surface area (Å²) in [6.07, 6.45) is 0. The standard InChI is InChI=1S/C22H24ClN3O3S/c1-16-2-7-19-20(14-16)30-22(24-19)26(9-8-25-10-12-28-13-11-25)21(27)15-29-18-5-3-17(23)4-6-18/h2-7,14H,8-13,15H2,1H3. The summed E-state index contributed by atoms with van der Waals surface area (Å²) in [5.74, 6) is 0.495. The normalized spacial score (nSPS) is 14.7. The third kappa shape index (κ3) is 5.29. The molecule has 1 aliphatic rings. The van der Waals surface area contributed by atoms with Crippen LogP contribution in [0.25, 0.3) is 10.2 Å². The monoisotopic (exact) mass is 445 g/mol. The lowest BCUT2D eigenvalue weighted by atomic mass is 10.2. The smallest absolute Gasteiger partial charge is 0.266 e. The van der Waals surface area contributed by atoms with Crippen molar-refractivity contribution in [3.05, 3.63) is 53.1 Å². The fourth-order valence-electron chi connectivity index (χ4n) is 3.28. The van der Waals surface area contributed by atoms with Crippen LogP contribution in [0.1, 0.15) is 5.56 Å². The summed E-state index contributed by atoms with van der Waals surface area (Å²) in [7, 11) is 0. The number of carbonyl (C=O) groups excluding carboxylic acids is 1. The Kier molecular flexibility index (Phi) is 6.84. The van der Waals surface area contributed by atoms with E-state index in [1.54, 1.807) is 29.2 Å². The van der Waals surface area contributed by atoms with Crippen LogP contribution in [-0.4, -0.2) is 61.8 Å². The average Bonchev–Trinajstić information content (AvgIpc) is 3.17. The SMILES string of the molecule is Cc1ccc2nc(N(CCN3CCOCC3)C(=O)COc3ccc(Cl)cc3)sc2c1. The van der Waals surface area contributed by atoms with Gasteiger partial charge >= 0.3 is 0 Å². The van der Waals surface area contributed by atoms with E-state index in [-0.39, 0.29) is 12.5 Å². The highest BCUT2D eigenvalue weighted by Gasteiger charge is 2.22. The summed E-state index contributed by atoms with van der Waals surface area (Å²) < 4.78 is 12.2. The number of fused-ring (bicyclic) bond motifs is 1. The van der Waals surface area contributed by atoms with Gasteiger partial charge in [-0.1, -0.05) is 29.0 Å². The Hall–Kier alpha value is -2.19. The minimum absolute atomic E-state index is 0.0559. The number of ether oxygens (including phenoxy) is 2. The van der Waals surface area contributed by atoms with Gasteiger partial charge in [-0.3, -0.25) is 14.6 Å². The minimum atomic E-state index is -0.117. The lowest BCUT2D eigenvalue weighted by molar-refractivity contribution is -0.120. The molecule has 30 heavy (non-hydrogen) atoms. The van der Waals surface area contributed by atoms with E-state index in [1.807, 2.05) is 12.1 Å². The molecular weight excluding hydrogens is 422 g/mol. The largest absolute Gasteiger partial charge is 0.484 e. The van der Waals surface area contributed by atoms with E-state index in [2.05, 4.69) is 17.9 Å². The zero-order chi connectivity index (χ0) is 20.9. The van der Waals surface area contributed by atoms with Gasteiger partial charge in [0.25, 0.3) is 5.91 Å².